The Morgan fingerprint density at radius 1 is 1.42 bits per heavy atom. The van der Waals surface area contributed by atoms with Crippen molar-refractivity contribution in [1.29, 1.82) is 5.26 Å². The zero-order valence-electron chi connectivity index (χ0n) is 11.2. The lowest BCUT2D eigenvalue weighted by molar-refractivity contribution is 0.0902. The number of hydrogen-bond acceptors (Lipinski definition) is 4. The Morgan fingerprint density at radius 2 is 2.21 bits per heavy atom. The maximum Gasteiger partial charge on any atom is 0.136 e. The van der Waals surface area contributed by atoms with Crippen molar-refractivity contribution < 1.29 is 9.84 Å². The molecular weight excluding hydrogens is 240 g/mol. The Kier molecular flexibility index (Phi) is 4.78. The quantitative estimate of drug-likeness (QED) is 0.868. The fraction of sp³-hybridized carbons (Fsp3) is 0.533. The topological polar surface area (TPSA) is 65.3 Å². The van der Waals surface area contributed by atoms with Crippen LogP contribution in [-0.2, 0) is 6.54 Å². The molecule has 1 aliphatic carbocycles. The van der Waals surface area contributed by atoms with Crippen molar-refractivity contribution in [1.82, 2.24) is 5.32 Å². The van der Waals surface area contributed by atoms with Crippen LogP contribution in [0.2, 0.25) is 0 Å². The summed E-state index contributed by atoms with van der Waals surface area (Å²) in [6.07, 6.45) is 3.93. The summed E-state index contributed by atoms with van der Waals surface area (Å²) in [5.41, 5.74) is 1.58. The van der Waals surface area contributed by atoms with Crippen molar-refractivity contribution in [2.24, 2.45) is 0 Å². The van der Waals surface area contributed by atoms with E-state index in [0.29, 0.717) is 17.9 Å². The van der Waals surface area contributed by atoms with E-state index in [9.17, 15) is 5.11 Å². The molecular formula is C15H20N2O2. The maximum atomic E-state index is 9.90. The molecule has 0 amide bonds. The number of nitriles is 1. The largest absolute Gasteiger partial charge is 0.495 e. The second kappa shape index (κ2) is 6.55. The van der Waals surface area contributed by atoms with Crippen molar-refractivity contribution in [3.63, 3.8) is 0 Å². The first-order valence-corrected chi connectivity index (χ1v) is 6.73. The van der Waals surface area contributed by atoms with Crippen molar-refractivity contribution in [3.8, 4) is 11.8 Å². The van der Waals surface area contributed by atoms with Crippen molar-refractivity contribution >= 4 is 0 Å². The van der Waals surface area contributed by atoms with Gasteiger partial charge in [0, 0.05) is 12.6 Å². The molecule has 1 saturated carbocycles. The molecule has 1 fully saturated rings. The molecule has 1 aromatic rings. The summed E-state index contributed by atoms with van der Waals surface area (Å²) in [5.74, 6) is 0.601. The highest BCUT2D eigenvalue weighted by Gasteiger charge is 2.22. The minimum atomic E-state index is -0.248. The Balaban J connectivity index is 1.98. The molecule has 19 heavy (non-hydrogen) atoms. The first kappa shape index (κ1) is 13.9. The first-order valence-electron chi connectivity index (χ1n) is 6.73. The van der Waals surface area contributed by atoms with E-state index in [1.165, 1.54) is 6.42 Å². The molecule has 1 aliphatic rings. The van der Waals surface area contributed by atoms with Gasteiger partial charge in [-0.25, -0.2) is 0 Å². The normalized spacial score (nSPS) is 22.8. The fourth-order valence-corrected chi connectivity index (χ4v) is 2.55. The van der Waals surface area contributed by atoms with Crippen LogP contribution in [0, 0.1) is 11.3 Å². The third-order valence-corrected chi connectivity index (χ3v) is 3.68. The average Bonchev–Trinajstić information content (AvgIpc) is 2.46. The minimum absolute atomic E-state index is 0.168. The molecule has 2 N–H and O–H groups in total. The van der Waals surface area contributed by atoms with E-state index >= 15 is 0 Å². The molecule has 0 spiro atoms. The second-order valence-corrected chi connectivity index (χ2v) is 4.99. The number of rotatable bonds is 4. The van der Waals surface area contributed by atoms with Crippen LogP contribution in [0.4, 0.5) is 0 Å². The molecule has 0 saturated heterocycles. The molecule has 2 unspecified atom stereocenters. The SMILES string of the molecule is COc1ccc(CNC2CCCCC2O)cc1C#N. The van der Waals surface area contributed by atoms with E-state index in [-0.39, 0.29) is 12.1 Å². The van der Waals surface area contributed by atoms with Gasteiger partial charge in [0.15, 0.2) is 0 Å². The van der Waals surface area contributed by atoms with Crippen LogP contribution in [0.15, 0.2) is 18.2 Å². The minimum Gasteiger partial charge on any atom is -0.495 e. The van der Waals surface area contributed by atoms with Crippen molar-refractivity contribution in [2.45, 2.75) is 44.4 Å². The number of ether oxygens (including phenoxy) is 1. The molecule has 0 bridgehead atoms. The predicted molar refractivity (Wildman–Crippen MR) is 72.8 cm³/mol. The number of aliphatic hydroxyl groups is 1. The van der Waals surface area contributed by atoms with Gasteiger partial charge in [0.2, 0.25) is 0 Å². The van der Waals surface area contributed by atoms with E-state index in [1.807, 2.05) is 18.2 Å². The molecule has 102 valence electrons. The lowest BCUT2D eigenvalue weighted by Gasteiger charge is -2.28. The average molecular weight is 260 g/mol. The van der Waals surface area contributed by atoms with Gasteiger partial charge in [-0.2, -0.15) is 5.26 Å². The van der Waals surface area contributed by atoms with E-state index in [0.717, 1.165) is 24.8 Å². The van der Waals surface area contributed by atoms with Gasteiger partial charge in [-0.1, -0.05) is 18.9 Å². The first-order chi connectivity index (χ1) is 9.24. The summed E-state index contributed by atoms with van der Waals surface area (Å²) in [7, 11) is 1.56. The van der Waals surface area contributed by atoms with Crippen LogP contribution in [0.5, 0.6) is 5.75 Å². The van der Waals surface area contributed by atoms with E-state index in [2.05, 4.69) is 11.4 Å². The summed E-state index contributed by atoms with van der Waals surface area (Å²) in [6, 6.07) is 7.89. The van der Waals surface area contributed by atoms with Gasteiger partial charge in [0.05, 0.1) is 18.8 Å². The van der Waals surface area contributed by atoms with Gasteiger partial charge in [0.1, 0.15) is 11.8 Å². The van der Waals surface area contributed by atoms with E-state index < -0.39 is 0 Å². The number of aliphatic hydroxyl groups excluding tert-OH is 1. The fourth-order valence-electron chi connectivity index (χ4n) is 2.55. The highest BCUT2D eigenvalue weighted by molar-refractivity contribution is 5.45. The molecule has 1 aromatic carbocycles. The lowest BCUT2D eigenvalue weighted by atomic mass is 9.92. The Hall–Kier alpha value is -1.57. The summed E-state index contributed by atoms with van der Waals surface area (Å²) in [5, 5.41) is 22.3. The van der Waals surface area contributed by atoms with Crippen molar-refractivity contribution in [3.05, 3.63) is 29.3 Å². The van der Waals surface area contributed by atoms with Gasteiger partial charge < -0.3 is 15.2 Å². The smallest absolute Gasteiger partial charge is 0.136 e. The molecule has 0 aliphatic heterocycles. The van der Waals surface area contributed by atoms with Crippen molar-refractivity contribution in [2.75, 3.05) is 7.11 Å². The van der Waals surface area contributed by atoms with Crippen LogP contribution < -0.4 is 10.1 Å². The summed E-state index contributed by atoms with van der Waals surface area (Å²) >= 11 is 0. The molecule has 2 atom stereocenters. The molecule has 2 rings (SSSR count). The van der Waals surface area contributed by atoms with Gasteiger partial charge in [-0.05, 0) is 30.5 Å². The van der Waals surface area contributed by atoms with Gasteiger partial charge in [-0.3, -0.25) is 0 Å². The molecule has 0 aromatic heterocycles. The highest BCUT2D eigenvalue weighted by atomic mass is 16.5. The van der Waals surface area contributed by atoms with Crippen LogP contribution in [0.1, 0.15) is 36.8 Å². The van der Waals surface area contributed by atoms with Gasteiger partial charge in [0.25, 0.3) is 0 Å². The molecule has 4 nitrogen and oxygen atoms in total. The molecule has 0 radical (unpaired) electrons. The molecule has 4 heteroatoms. The van der Waals surface area contributed by atoms with Crippen LogP contribution in [-0.4, -0.2) is 24.4 Å². The van der Waals surface area contributed by atoms with Crippen LogP contribution >= 0.6 is 0 Å². The number of nitrogens with one attached hydrogen (secondary N) is 1. The monoisotopic (exact) mass is 260 g/mol. The zero-order chi connectivity index (χ0) is 13.7. The zero-order valence-corrected chi connectivity index (χ0v) is 11.2. The lowest BCUT2D eigenvalue weighted by Crippen LogP contribution is -2.41. The summed E-state index contributed by atoms with van der Waals surface area (Å²) in [4.78, 5) is 0. The van der Waals surface area contributed by atoms with E-state index in [1.54, 1.807) is 7.11 Å². The molecule has 0 heterocycles. The van der Waals surface area contributed by atoms with Gasteiger partial charge >= 0.3 is 0 Å². The van der Waals surface area contributed by atoms with E-state index in [4.69, 9.17) is 10.00 Å². The van der Waals surface area contributed by atoms with Crippen LogP contribution in [0.25, 0.3) is 0 Å². The summed E-state index contributed by atoms with van der Waals surface area (Å²) < 4.78 is 5.12. The number of benzene rings is 1. The summed E-state index contributed by atoms with van der Waals surface area (Å²) in [6.45, 7) is 0.667. The predicted octanol–water partition coefficient (Wildman–Crippen LogP) is 1.96. The number of methoxy groups -OCH3 is 1. The third-order valence-electron chi connectivity index (χ3n) is 3.68. The Morgan fingerprint density at radius 3 is 2.89 bits per heavy atom. The Labute approximate surface area is 114 Å². The van der Waals surface area contributed by atoms with Crippen LogP contribution in [0.3, 0.4) is 0 Å². The number of hydrogen-bond donors (Lipinski definition) is 2. The maximum absolute atomic E-state index is 9.90. The second-order valence-electron chi connectivity index (χ2n) is 4.99. The number of nitrogens with zero attached hydrogens (tertiary/aromatic N) is 1. The van der Waals surface area contributed by atoms with Gasteiger partial charge in [-0.15, -0.1) is 0 Å². The Bertz CT molecular complexity index is 468. The third kappa shape index (κ3) is 3.46. The standard InChI is InChI=1S/C15H20N2O2/c1-19-15-7-6-11(8-12(15)9-16)10-17-13-4-2-3-5-14(13)18/h6-8,13-14,17-18H,2-5,10H2,1H3. The highest BCUT2D eigenvalue weighted by Crippen LogP contribution is 2.21.